The predicted molar refractivity (Wildman–Crippen MR) is 70.1 cm³/mol. The Morgan fingerprint density at radius 2 is 2.10 bits per heavy atom. The van der Waals surface area contributed by atoms with Gasteiger partial charge in [-0.3, -0.25) is 5.10 Å². The van der Waals surface area contributed by atoms with Gasteiger partial charge < -0.3 is 4.90 Å². The minimum Gasteiger partial charge on any atom is -0.349 e. The number of piperidine rings is 1. The maximum atomic E-state index is 14.2. The molecule has 3 heterocycles. The average Bonchev–Trinajstić information content (AvgIpc) is 3.13. The van der Waals surface area contributed by atoms with Gasteiger partial charge in [0.1, 0.15) is 11.3 Å². The zero-order chi connectivity index (χ0) is 14.0. The lowest BCUT2D eigenvalue weighted by atomic mass is 9.89. The van der Waals surface area contributed by atoms with Gasteiger partial charge in [-0.1, -0.05) is 11.6 Å². The quantitative estimate of drug-likeness (QED) is 0.879. The maximum absolute atomic E-state index is 14.2. The number of aromatic nitrogens is 4. The molecule has 20 heavy (non-hydrogen) atoms. The van der Waals surface area contributed by atoms with Gasteiger partial charge in [0, 0.05) is 12.0 Å². The highest BCUT2D eigenvalue weighted by atomic mass is 35.5. The summed E-state index contributed by atoms with van der Waals surface area (Å²) in [6, 6.07) is 0. The van der Waals surface area contributed by atoms with Crippen LogP contribution < -0.4 is 4.90 Å². The lowest BCUT2D eigenvalue weighted by molar-refractivity contribution is -0.0795. The van der Waals surface area contributed by atoms with Gasteiger partial charge in [0.05, 0.1) is 12.7 Å². The number of nitrogens with one attached hydrogen (secondary N) is 1. The van der Waals surface area contributed by atoms with E-state index in [9.17, 15) is 8.78 Å². The van der Waals surface area contributed by atoms with E-state index in [2.05, 4.69) is 20.2 Å². The van der Waals surface area contributed by atoms with Crippen molar-refractivity contribution in [2.24, 2.45) is 5.41 Å². The van der Waals surface area contributed by atoms with Gasteiger partial charge in [0.15, 0.2) is 5.15 Å². The summed E-state index contributed by atoms with van der Waals surface area (Å²) >= 11 is 5.85. The van der Waals surface area contributed by atoms with Crippen LogP contribution >= 0.6 is 11.6 Å². The molecule has 1 saturated heterocycles. The second-order valence-electron chi connectivity index (χ2n) is 5.59. The van der Waals surface area contributed by atoms with E-state index in [0.717, 1.165) is 0 Å². The van der Waals surface area contributed by atoms with Crippen molar-refractivity contribution < 1.29 is 8.78 Å². The number of H-pyrrole nitrogens is 1. The topological polar surface area (TPSA) is 57.7 Å². The summed E-state index contributed by atoms with van der Waals surface area (Å²) in [5, 5.41) is 6.78. The molecular weight excluding hydrogens is 288 g/mol. The molecule has 106 valence electrons. The van der Waals surface area contributed by atoms with Crippen molar-refractivity contribution in [2.75, 3.05) is 18.0 Å². The van der Waals surface area contributed by atoms with Crippen LogP contribution in [0.15, 0.2) is 6.20 Å². The molecule has 0 bridgehead atoms. The SMILES string of the molecule is FC1(F)CN(c2cnc3c(Cl)[nH]nc3n2)CCC12CC2. The Bertz CT molecular complexity index is 682. The molecule has 2 aromatic heterocycles. The van der Waals surface area contributed by atoms with E-state index in [1.165, 1.54) is 6.20 Å². The van der Waals surface area contributed by atoms with Gasteiger partial charge in [-0.25, -0.2) is 18.7 Å². The Morgan fingerprint density at radius 3 is 2.80 bits per heavy atom. The summed E-state index contributed by atoms with van der Waals surface area (Å²) in [5.41, 5.74) is 0.0526. The van der Waals surface area contributed by atoms with Crippen molar-refractivity contribution in [3.8, 4) is 0 Å². The highest BCUT2D eigenvalue weighted by Gasteiger charge is 2.63. The molecule has 1 spiro atoms. The van der Waals surface area contributed by atoms with E-state index in [1.807, 2.05) is 0 Å². The number of alkyl halides is 2. The molecule has 0 aromatic carbocycles. The summed E-state index contributed by atoms with van der Waals surface area (Å²) in [6.45, 7) is 0.277. The molecule has 1 saturated carbocycles. The van der Waals surface area contributed by atoms with Crippen molar-refractivity contribution in [3.63, 3.8) is 0 Å². The van der Waals surface area contributed by atoms with Crippen LogP contribution in [0, 0.1) is 5.41 Å². The standard InChI is InChI=1S/C12H12ClF2N5/c13-9-8-10(19-18-9)17-7(5-16-8)20-4-3-11(1-2-11)12(14,15)6-20/h5H,1-4,6H2,(H,17,18,19). The van der Waals surface area contributed by atoms with Crippen molar-refractivity contribution >= 4 is 28.6 Å². The van der Waals surface area contributed by atoms with Crippen LogP contribution in [0.25, 0.3) is 11.2 Å². The predicted octanol–water partition coefficient (Wildman–Crippen LogP) is 2.63. The number of anilines is 1. The third-order valence-corrected chi connectivity index (χ3v) is 4.68. The van der Waals surface area contributed by atoms with Crippen molar-refractivity contribution in [2.45, 2.75) is 25.2 Å². The first-order valence-corrected chi connectivity index (χ1v) is 6.88. The molecule has 0 atom stereocenters. The van der Waals surface area contributed by atoms with Crippen molar-refractivity contribution in [3.05, 3.63) is 11.3 Å². The monoisotopic (exact) mass is 299 g/mol. The lowest BCUT2D eigenvalue weighted by Gasteiger charge is -2.39. The number of aromatic amines is 1. The Labute approximate surface area is 118 Å². The molecule has 5 nitrogen and oxygen atoms in total. The fourth-order valence-corrected chi connectivity index (χ4v) is 3.07. The molecule has 2 fully saturated rings. The molecular formula is C12H12ClF2N5. The highest BCUT2D eigenvalue weighted by molar-refractivity contribution is 6.33. The Balaban J connectivity index is 1.66. The third-order valence-electron chi connectivity index (χ3n) is 4.41. The van der Waals surface area contributed by atoms with Crippen LogP contribution in [0.5, 0.6) is 0 Å². The summed E-state index contributed by atoms with van der Waals surface area (Å²) in [6.07, 6.45) is 3.24. The summed E-state index contributed by atoms with van der Waals surface area (Å²) in [4.78, 5) is 9.98. The van der Waals surface area contributed by atoms with Crippen molar-refractivity contribution in [1.29, 1.82) is 0 Å². The number of halogens is 3. The van der Waals surface area contributed by atoms with Crippen LogP contribution in [0.3, 0.4) is 0 Å². The Kier molecular flexibility index (Phi) is 2.32. The van der Waals surface area contributed by atoms with E-state index in [0.29, 0.717) is 47.9 Å². The highest BCUT2D eigenvalue weighted by Crippen LogP contribution is 2.61. The summed E-state index contributed by atoms with van der Waals surface area (Å²) in [7, 11) is 0. The molecule has 1 aliphatic carbocycles. The van der Waals surface area contributed by atoms with E-state index >= 15 is 0 Å². The molecule has 0 amide bonds. The fraction of sp³-hybridized carbons (Fsp3) is 0.583. The van der Waals surface area contributed by atoms with Crippen LogP contribution in [-0.4, -0.2) is 39.2 Å². The van der Waals surface area contributed by atoms with E-state index < -0.39 is 11.3 Å². The zero-order valence-electron chi connectivity index (χ0n) is 10.5. The van der Waals surface area contributed by atoms with E-state index in [-0.39, 0.29) is 6.54 Å². The number of hydrogen-bond acceptors (Lipinski definition) is 4. The number of hydrogen-bond donors (Lipinski definition) is 1. The van der Waals surface area contributed by atoms with Gasteiger partial charge in [-0.05, 0) is 19.3 Å². The minimum absolute atomic E-state index is 0.300. The number of fused-ring (bicyclic) bond motifs is 1. The normalized spacial score (nSPS) is 23.4. The largest absolute Gasteiger partial charge is 0.349 e. The maximum Gasteiger partial charge on any atom is 0.270 e. The third kappa shape index (κ3) is 1.62. The lowest BCUT2D eigenvalue weighted by Crippen LogP contribution is -2.50. The molecule has 4 rings (SSSR count). The van der Waals surface area contributed by atoms with Gasteiger partial charge >= 0.3 is 0 Å². The second kappa shape index (κ2) is 3.78. The Morgan fingerprint density at radius 1 is 1.30 bits per heavy atom. The molecule has 2 aliphatic rings. The first kappa shape index (κ1) is 12.3. The Hall–Kier alpha value is -1.50. The first-order chi connectivity index (χ1) is 9.51. The molecule has 1 N–H and O–H groups in total. The minimum atomic E-state index is -2.66. The van der Waals surface area contributed by atoms with Gasteiger partial charge in [0.25, 0.3) is 5.92 Å². The molecule has 0 radical (unpaired) electrons. The van der Waals surface area contributed by atoms with Crippen LogP contribution in [0.1, 0.15) is 19.3 Å². The van der Waals surface area contributed by atoms with E-state index in [1.54, 1.807) is 4.90 Å². The smallest absolute Gasteiger partial charge is 0.270 e. The van der Waals surface area contributed by atoms with Crippen LogP contribution in [-0.2, 0) is 0 Å². The van der Waals surface area contributed by atoms with Crippen LogP contribution in [0.4, 0.5) is 14.6 Å². The molecule has 8 heteroatoms. The molecule has 2 aromatic rings. The van der Waals surface area contributed by atoms with Gasteiger partial charge in [-0.15, -0.1) is 0 Å². The van der Waals surface area contributed by atoms with Gasteiger partial charge in [-0.2, -0.15) is 5.10 Å². The first-order valence-electron chi connectivity index (χ1n) is 6.50. The van der Waals surface area contributed by atoms with E-state index in [4.69, 9.17) is 11.6 Å². The summed E-state index contributed by atoms with van der Waals surface area (Å²) < 4.78 is 28.3. The second-order valence-corrected chi connectivity index (χ2v) is 5.97. The number of nitrogens with zero attached hydrogens (tertiary/aromatic N) is 4. The fourth-order valence-electron chi connectivity index (χ4n) is 2.89. The molecule has 1 aliphatic heterocycles. The molecule has 0 unspecified atom stereocenters. The van der Waals surface area contributed by atoms with Crippen molar-refractivity contribution in [1.82, 2.24) is 20.2 Å². The summed E-state index contributed by atoms with van der Waals surface area (Å²) in [5.74, 6) is -2.23. The van der Waals surface area contributed by atoms with Gasteiger partial charge in [0.2, 0.25) is 5.65 Å². The zero-order valence-corrected chi connectivity index (χ0v) is 11.3. The number of rotatable bonds is 1. The van der Waals surface area contributed by atoms with Crippen LogP contribution in [0.2, 0.25) is 5.15 Å². The average molecular weight is 300 g/mol.